The second kappa shape index (κ2) is 7.28. The summed E-state index contributed by atoms with van der Waals surface area (Å²) in [5.74, 6) is 0.405. The summed E-state index contributed by atoms with van der Waals surface area (Å²) in [6.45, 7) is 1.60. The first-order valence-electron chi connectivity index (χ1n) is 8.67. The Labute approximate surface area is 162 Å². The minimum Gasteiger partial charge on any atom is -0.322 e. The highest BCUT2D eigenvalue weighted by Crippen LogP contribution is 2.30. The molecule has 8 nitrogen and oxygen atoms in total. The molecule has 0 aliphatic carbocycles. The molecule has 0 aliphatic rings. The largest absolute Gasteiger partial charge is 0.322 e. The summed E-state index contributed by atoms with van der Waals surface area (Å²) in [5.41, 5.74) is 3.54. The van der Waals surface area contributed by atoms with E-state index in [1.807, 2.05) is 36.4 Å². The molecule has 3 heterocycles. The second-order valence-corrected chi connectivity index (χ2v) is 8.07. The standard InChI is InChI=1S/C19H18N6O2S/c1-2-28(26,27)24-17-8-4-3-7-16(17)18-10-9-15-13-21-19(23-25(15)18)22-14-6-5-11-20-12-14/h3-13,24H,2H2,1H3,(H,22,23). The third-order valence-corrected chi connectivity index (χ3v) is 5.46. The lowest BCUT2D eigenvalue weighted by Crippen LogP contribution is -2.15. The number of para-hydroxylation sites is 1. The van der Waals surface area contributed by atoms with Gasteiger partial charge in [0.05, 0.1) is 40.7 Å². The van der Waals surface area contributed by atoms with Gasteiger partial charge in [0.1, 0.15) is 0 Å². The second-order valence-electron chi connectivity index (χ2n) is 6.05. The lowest BCUT2D eigenvalue weighted by atomic mass is 10.1. The van der Waals surface area contributed by atoms with E-state index in [-0.39, 0.29) is 5.75 Å². The van der Waals surface area contributed by atoms with Crippen LogP contribution in [0.15, 0.2) is 67.1 Å². The van der Waals surface area contributed by atoms with Crippen molar-refractivity contribution in [3.05, 3.63) is 67.1 Å². The summed E-state index contributed by atoms with van der Waals surface area (Å²) in [7, 11) is -3.40. The number of aromatic nitrogens is 4. The monoisotopic (exact) mass is 394 g/mol. The van der Waals surface area contributed by atoms with Crippen LogP contribution in [-0.4, -0.2) is 33.8 Å². The Bertz CT molecular complexity index is 1220. The molecule has 0 saturated carbocycles. The number of hydrogen-bond donors (Lipinski definition) is 2. The van der Waals surface area contributed by atoms with Crippen molar-refractivity contribution in [3.63, 3.8) is 0 Å². The topological polar surface area (TPSA) is 101 Å². The fourth-order valence-corrected chi connectivity index (χ4v) is 3.42. The van der Waals surface area contributed by atoms with Gasteiger partial charge in [0.15, 0.2) is 0 Å². The van der Waals surface area contributed by atoms with Gasteiger partial charge in [-0.05, 0) is 37.3 Å². The maximum atomic E-state index is 12.1. The third-order valence-electron chi connectivity index (χ3n) is 4.16. The highest BCUT2D eigenvalue weighted by Gasteiger charge is 2.15. The number of pyridine rings is 1. The molecular weight excluding hydrogens is 376 g/mol. The molecule has 0 bridgehead atoms. The first kappa shape index (κ1) is 17.9. The number of rotatable bonds is 6. The summed E-state index contributed by atoms with van der Waals surface area (Å²) in [5, 5.41) is 7.66. The van der Waals surface area contributed by atoms with E-state index < -0.39 is 10.0 Å². The van der Waals surface area contributed by atoms with Gasteiger partial charge in [-0.1, -0.05) is 18.2 Å². The highest BCUT2D eigenvalue weighted by atomic mass is 32.2. The van der Waals surface area contributed by atoms with Gasteiger partial charge in [0.2, 0.25) is 16.0 Å². The van der Waals surface area contributed by atoms with Crippen LogP contribution in [0, 0.1) is 0 Å². The van der Waals surface area contributed by atoms with Gasteiger partial charge >= 0.3 is 0 Å². The molecule has 142 valence electrons. The number of fused-ring (bicyclic) bond motifs is 1. The molecule has 2 N–H and O–H groups in total. The first-order valence-corrected chi connectivity index (χ1v) is 10.3. The molecular formula is C19H18N6O2S. The predicted octanol–water partition coefficient (Wildman–Crippen LogP) is 3.30. The fourth-order valence-electron chi connectivity index (χ4n) is 2.76. The minimum atomic E-state index is -3.40. The summed E-state index contributed by atoms with van der Waals surface area (Å²) in [6.07, 6.45) is 5.07. The molecule has 0 spiro atoms. The Hall–Kier alpha value is -3.46. The van der Waals surface area contributed by atoms with E-state index >= 15 is 0 Å². The number of hydrogen-bond acceptors (Lipinski definition) is 6. The molecule has 0 unspecified atom stereocenters. The van der Waals surface area contributed by atoms with Crippen LogP contribution >= 0.6 is 0 Å². The Balaban J connectivity index is 1.77. The lowest BCUT2D eigenvalue weighted by molar-refractivity contribution is 0.602. The summed E-state index contributed by atoms with van der Waals surface area (Å²) >= 11 is 0. The summed E-state index contributed by atoms with van der Waals surface area (Å²) in [4.78, 5) is 8.38. The molecule has 3 aromatic heterocycles. The van der Waals surface area contributed by atoms with Crippen molar-refractivity contribution in [1.82, 2.24) is 19.6 Å². The van der Waals surface area contributed by atoms with Crippen LogP contribution in [0.25, 0.3) is 16.8 Å². The number of sulfonamides is 1. The van der Waals surface area contributed by atoms with Crippen LogP contribution in [0.2, 0.25) is 0 Å². The number of anilines is 3. The van der Waals surface area contributed by atoms with E-state index in [1.54, 1.807) is 42.2 Å². The number of nitrogens with zero attached hydrogens (tertiary/aromatic N) is 4. The molecule has 4 rings (SSSR count). The smallest absolute Gasteiger partial charge is 0.245 e. The average Bonchev–Trinajstić information content (AvgIpc) is 3.12. The maximum Gasteiger partial charge on any atom is 0.245 e. The summed E-state index contributed by atoms with van der Waals surface area (Å²) < 4.78 is 28.5. The van der Waals surface area contributed by atoms with Crippen LogP contribution in [0.3, 0.4) is 0 Å². The molecule has 28 heavy (non-hydrogen) atoms. The Morgan fingerprint density at radius 1 is 1.04 bits per heavy atom. The van der Waals surface area contributed by atoms with Crippen LogP contribution in [0.1, 0.15) is 6.92 Å². The predicted molar refractivity (Wildman–Crippen MR) is 109 cm³/mol. The van der Waals surface area contributed by atoms with Crippen LogP contribution < -0.4 is 10.0 Å². The van der Waals surface area contributed by atoms with Crippen molar-refractivity contribution >= 4 is 32.9 Å². The zero-order chi connectivity index (χ0) is 19.6. The van der Waals surface area contributed by atoms with E-state index in [4.69, 9.17) is 0 Å². The fraction of sp³-hybridized carbons (Fsp3) is 0.105. The van der Waals surface area contributed by atoms with Crippen molar-refractivity contribution < 1.29 is 8.42 Å². The lowest BCUT2D eigenvalue weighted by Gasteiger charge is -2.12. The molecule has 0 aliphatic heterocycles. The average molecular weight is 394 g/mol. The van der Waals surface area contributed by atoms with Gasteiger partial charge in [-0.15, -0.1) is 5.10 Å². The van der Waals surface area contributed by atoms with E-state index in [0.29, 0.717) is 11.6 Å². The van der Waals surface area contributed by atoms with E-state index in [1.165, 1.54) is 0 Å². The minimum absolute atomic E-state index is 0.00239. The molecule has 4 aromatic rings. The number of nitrogens with one attached hydrogen (secondary N) is 2. The molecule has 0 atom stereocenters. The first-order chi connectivity index (χ1) is 13.6. The van der Waals surface area contributed by atoms with Crippen molar-refractivity contribution in [2.45, 2.75) is 6.92 Å². The van der Waals surface area contributed by atoms with Gasteiger partial charge in [-0.2, -0.15) is 0 Å². The highest BCUT2D eigenvalue weighted by molar-refractivity contribution is 7.92. The zero-order valence-corrected chi connectivity index (χ0v) is 15.9. The van der Waals surface area contributed by atoms with Crippen LogP contribution in [0.4, 0.5) is 17.3 Å². The molecule has 0 fully saturated rings. The Morgan fingerprint density at radius 3 is 2.68 bits per heavy atom. The molecule has 0 saturated heterocycles. The molecule has 0 radical (unpaired) electrons. The van der Waals surface area contributed by atoms with Crippen molar-refractivity contribution in [3.8, 4) is 11.3 Å². The number of benzene rings is 1. The van der Waals surface area contributed by atoms with Crippen LogP contribution in [0.5, 0.6) is 0 Å². The van der Waals surface area contributed by atoms with Gasteiger partial charge in [0.25, 0.3) is 0 Å². The maximum absolute atomic E-state index is 12.1. The van der Waals surface area contributed by atoms with Crippen LogP contribution in [-0.2, 0) is 10.0 Å². The Kier molecular flexibility index (Phi) is 4.66. The third kappa shape index (κ3) is 3.65. The van der Waals surface area contributed by atoms with Crippen molar-refractivity contribution in [1.29, 1.82) is 0 Å². The van der Waals surface area contributed by atoms with Gasteiger partial charge in [-0.25, -0.2) is 17.9 Å². The zero-order valence-electron chi connectivity index (χ0n) is 15.1. The van der Waals surface area contributed by atoms with Gasteiger partial charge < -0.3 is 5.32 Å². The summed E-state index contributed by atoms with van der Waals surface area (Å²) in [6, 6.07) is 14.7. The van der Waals surface area contributed by atoms with E-state index in [2.05, 4.69) is 25.1 Å². The van der Waals surface area contributed by atoms with E-state index in [0.717, 1.165) is 22.5 Å². The molecule has 9 heteroatoms. The quantitative estimate of drug-likeness (QED) is 0.520. The van der Waals surface area contributed by atoms with Gasteiger partial charge in [-0.3, -0.25) is 9.71 Å². The van der Waals surface area contributed by atoms with E-state index in [9.17, 15) is 8.42 Å². The van der Waals surface area contributed by atoms with Gasteiger partial charge in [0, 0.05) is 11.8 Å². The normalized spacial score (nSPS) is 11.5. The SMILES string of the molecule is CCS(=O)(=O)Nc1ccccc1-c1ccc2cnc(Nc3cccnc3)nn12. The molecule has 1 aromatic carbocycles. The van der Waals surface area contributed by atoms with Crippen molar-refractivity contribution in [2.24, 2.45) is 0 Å². The van der Waals surface area contributed by atoms with Crippen molar-refractivity contribution in [2.75, 3.05) is 15.8 Å². The molecule has 0 amide bonds. The Morgan fingerprint density at radius 2 is 1.89 bits per heavy atom.